The number of pyridine rings is 1. The molecule has 1 aromatic heterocycles. The van der Waals surface area contributed by atoms with Crippen molar-refractivity contribution in [3.63, 3.8) is 0 Å². The largest absolute Gasteiger partial charge is 0.467 e. The van der Waals surface area contributed by atoms with Gasteiger partial charge in [-0.1, -0.05) is 5.11 Å². The first kappa shape index (κ1) is 21.2. The SMILES string of the molecule is N#Cc1ccc(C(F)(F)F)nc1OC(CCN=[N+]=[N-])C(F)(F)C(F)(F)F. The van der Waals surface area contributed by atoms with Crippen molar-refractivity contribution in [1.82, 2.24) is 4.98 Å². The minimum Gasteiger partial charge on any atom is -0.467 e. The van der Waals surface area contributed by atoms with Crippen LogP contribution < -0.4 is 4.74 Å². The van der Waals surface area contributed by atoms with Crippen LogP contribution in [0.5, 0.6) is 5.88 Å². The minimum atomic E-state index is -6.11. The Morgan fingerprint density at radius 1 is 1.19 bits per heavy atom. The third-order valence-electron chi connectivity index (χ3n) is 2.86. The summed E-state index contributed by atoms with van der Waals surface area (Å²) in [6.07, 6.45) is -15.4. The van der Waals surface area contributed by atoms with Crippen LogP contribution >= 0.6 is 0 Å². The number of nitriles is 1. The van der Waals surface area contributed by atoms with Crippen molar-refractivity contribution < 1.29 is 39.9 Å². The summed E-state index contributed by atoms with van der Waals surface area (Å²) in [5.74, 6) is -6.86. The van der Waals surface area contributed by atoms with Gasteiger partial charge in [0.2, 0.25) is 5.88 Å². The number of ether oxygens (including phenoxy) is 1. The van der Waals surface area contributed by atoms with Crippen molar-refractivity contribution in [1.29, 1.82) is 5.26 Å². The molecule has 0 radical (unpaired) electrons. The molecule has 0 N–H and O–H groups in total. The van der Waals surface area contributed by atoms with Gasteiger partial charge < -0.3 is 4.74 Å². The van der Waals surface area contributed by atoms with E-state index in [4.69, 9.17) is 10.8 Å². The van der Waals surface area contributed by atoms with Gasteiger partial charge in [-0.05, 0) is 24.1 Å². The van der Waals surface area contributed by atoms with Gasteiger partial charge in [-0.25, -0.2) is 4.98 Å². The average molecular weight is 389 g/mol. The first-order valence-electron chi connectivity index (χ1n) is 6.45. The number of hydrogen-bond donors (Lipinski definition) is 0. The zero-order valence-electron chi connectivity index (χ0n) is 12.3. The molecule has 1 aromatic rings. The highest BCUT2D eigenvalue weighted by Crippen LogP contribution is 2.41. The van der Waals surface area contributed by atoms with E-state index in [0.29, 0.717) is 12.1 Å². The number of azide groups is 1. The van der Waals surface area contributed by atoms with Crippen LogP contribution in [-0.4, -0.2) is 29.7 Å². The molecule has 0 amide bonds. The minimum absolute atomic E-state index is 0.336. The zero-order chi connectivity index (χ0) is 20.2. The summed E-state index contributed by atoms with van der Waals surface area (Å²) in [7, 11) is 0. The molecule has 6 nitrogen and oxygen atoms in total. The molecule has 142 valence electrons. The van der Waals surface area contributed by atoms with E-state index < -0.39 is 54.5 Å². The van der Waals surface area contributed by atoms with Crippen LogP contribution in [0.4, 0.5) is 35.1 Å². The Labute approximate surface area is 139 Å². The molecule has 26 heavy (non-hydrogen) atoms. The van der Waals surface area contributed by atoms with Crippen molar-refractivity contribution in [2.75, 3.05) is 6.54 Å². The Morgan fingerprint density at radius 2 is 1.81 bits per heavy atom. The number of alkyl halides is 8. The summed E-state index contributed by atoms with van der Waals surface area (Å²) in [6, 6.07) is 2.12. The Kier molecular flexibility index (Phi) is 6.21. The van der Waals surface area contributed by atoms with Crippen LogP contribution in [0, 0.1) is 11.3 Å². The number of rotatable bonds is 6. The van der Waals surface area contributed by atoms with Crippen LogP contribution in [0.3, 0.4) is 0 Å². The second kappa shape index (κ2) is 7.61. The van der Waals surface area contributed by atoms with E-state index in [0.717, 1.165) is 0 Å². The van der Waals surface area contributed by atoms with Gasteiger partial charge in [-0.15, -0.1) is 0 Å². The van der Waals surface area contributed by atoms with Crippen LogP contribution in [-0.2, 0) is 6.18 Å². The molecule has 0 aliphatic carbocycles. The lowest BCUT2D eigenvalue weighted by Crippen LogP contribution is -2.50. The molecule has 0 saturated carbocycles. The van der Waals surface area contributed by atoms with Gasteiger partial charge in [-0.2, -0.15) is 40.4 Å². The van der Waals surface area contributed by atoms with Crippen molar-refractivity contribution >= 4 is 0 Å². The number of halogens is 8. The molecule has 0 aromatic carbocycles. The monoisotopic (exact) mass is 389 g/mol. The van der Waals surface area contributed by atoms with Gasteiger partial charge in [0.05, 0.1) is 0 Å². The van der Waals surface area contributed by atoms with Crippen molar-refractivity contribution in [3.8, 4) is 11.9 Å². The average Bonchev–Trinajstić information content (AvgIpc) is 2.51. The molecule has 14 heteroatoms. The van der Waals surface area contributed by atoms with Crippen molar-refractivity contribution in [2.24, 2.45) is 5.11 Å². The molecule has 0 aliphatic rings. The third kappa shape index (κ3) is 4.85. The van der Waals surface area contributed by atoms with E-state index >= 15 is 0 Å². The zero-order valence-corrected chi connectivity index (χ0v) is 12.3. The fraction of sp³-hybridized carbons (Fsp3) is 0.500. The molecule has 1 heterocycles. The molecule has 1 unspecified atom stereocenters. The van der Waals surface area contributed by atoms with Gasteiger partial charge in [0.25, 0.3) is 0 Å². The topological polar surface area (TPSA) is 94.7 Å². The summed E-state index contributed by atoms with van der Waals surface area (Å²) < 4.78 is 107. The van der Waals surface area contributed by atoms with Crippen LogP contribution in [0.15, 0.2) is 17.2 Å². The lowest BCUT2D eigenvalue weighted by molar-refractivity contribution is -0.309. The van der Waals surface area contributed by atoms with Crippen LogP contribution in [0.2, 0.25) is 0 Å². The molecule has 0 saturated heterocycles. The number of hydrogen-bond acceptors (Lipinski definition) is 4. The Bertz CT molecular complexity index is 733. The molecule has 0 spiro atoms. The molecule has 0 fully saturated rings. The molecule has 0 bridgehead atoms. The van der Waals surface area contributed by atoms with Crippen LogP contribution in [0.1, 0.15) is 17.7 Å². The highest BCUT2D eigenvalue weighted by Gasteiger charge is 2.63. The maximum atomic E-state index is 13.6. The van der Waals surface area contributed by atoms with E-state index in [2.05, 4.69) is 19.7 Å². The normalized spacial score (nSPS) is 13.5. The molecular weight excluding hydrogens is 382 g/mol. The van der Waals surface area contributed by atoms with E-state index in [1.807, 2.05) is 0 Å². The summed E-state index contributed by atoms with van der Waals surface area (Å²) >= 11 is 0. The van der Waals surface area contributed by atoms with Crippen molar-refractivity contribution in [3.05, 3.63) is 33.8 Å². The van der Waals surface area contributed by atoms with E-state index in [-0.39, 0.29) is 0 Å². The standard InChI is InChI=1S/C12H7F8N5O/c13-10(14,12(18,19)20)8(3-4-23-25-22)26-9-6(5-21)1-2-7(24-9)11(15,16)17/h1-2,8H,3-4H2. The van der Waals surface area contributed by atoms with E-state index in [9.17, 15) is 35.1 Å². The summed E-state index contributed by atoms with van der Waals surface area (Å²) in [6.45, 7) is -0.867. The van der Waals surface area contributed by atoms with Gasteiger partial charge in [0, 0.05) is 11.5 Å². The third-order valence-corrected chi connectivity index (χ3v) is 2.86. The lowest BCUT2D eigenvalue weighted by atomic mass is 10.1. The smallest absolute Gasteiger partial charge is 0.457 e. The fourth-order valence-electron chi connectivity index (χ4n) is 1.62. The molecule has 1 atom stereocenters. The van der Waals surface area contributed by atoms with Crippen molar-refractivity contribution in [2.45, 2.75) is 30.8 Å². The second-order valence-corrected chi connectivity index (χ2v) is 4.63. The molecular formula is C12H7F8N5O. The summed E-state index contributed by atoms with van der Waals surface area (Å²) in [4.78, 5) is 4.97. The second-order valence-electron chi connectivity index (χ2n) is 4.63. The highest BCUT2D eigenvalue weighted by atomic mass is 19.4. The van der Waals surface area contributed by atoms with E-state index in [1.54, 1.807) is 0 Å². The van der Waals surface area contributed by atoms with Gasteiger partial charge >= 0.3 is 18.3 Å². The quantitative estimate of drug-likeness (QED) is 0.308. The number of aromatic nitrogens is 1. The predicted molar refractivity (Wildman–Crippen MR) is 68.0 cm³/mol. The predicted octanol–water partition coefficient (Wildman–Crippen LogP) is 4.62. The fourth-order valence-corrected chi connectivity index (χ4v) is 1.62. The molecule has 1 rings (SSSR count). The summed E-state index contributed by atoms with van der Waals surface area (Å²) in [5.41, 5.74) is 5.62. The lowest BCUT2D eigenvalue weighted by Gasteiger charge is -2.28. The Hall–Kier alpha value is -2.81. The first-order valence-corrected chi connectivity index (χ1v) is 6.45. The highest BCUT2D eigenvalue weighted by molar-refractivity contribution is 5.39. The Morgan fingerprint density at radius 3 is 2.27 bits per heavy atom. The maximum absolute atomic E-state index is 13.6. The maximum Gasteiger partial charge on any atom is 0.457 e. The van der Waals surface area contributed by atoms with Gasteiger partial charge in [0.1, 0.15) is 17.3 Å². The van der Waals surface area contributed by atoms with Gasteiger partial charge in [-0.3, -0.25) is 0 Å². The first-order chi connectivity index (χ1) is 11.8. The van der Waals surface area contributed by atoms with Gasteiger partial charge in [0.15, 0.2) is 6.10 Å². The summed E-state index contributed by atoms with van der Waals surface area (Å²) in [5, 5.41) is 11.6. The Balaban J connectivity index is 3.34. The molecule has 0 aliphatic heterocycles. The van der Waals surface area contributed by atoms with Crippen LogP contribution in [0.25, 0.3) is 10.4 Å². The number of nitrogens with zero attached hydrogens (tertiary/aromatic N) is 5. The van der Waals surface area contributed by atoms with E-state index in [1.165, 1.54) is 6.07 Å².